The molecule has 4 heteroatoms. The molecule has 3 nitrogen and oxygen atoms in total. The van der Waals surface area contributed by atoms with Gasteiger partial charge in [0.15, 0.2) is 0 Å². The quantitative estimate of drug-likeness (QED) is 0.844. The number of halogens is 1. The van der Waals surface area contributed by atoms with E-state index in [1.165, 1.54) is 24.8 Å². The molecule has 0 radical (unpaired) electrons. The minimum Gasteiger partial charge on any atom is -0.398 e. The Morgan fingerprint density at radius 2 is 2.17 bits per heavy atom. The third-order valence-corrected chi connectivity index (χ3v) is 4.38. The lowest BCUT2D eigenvalue weighted by atomic mass is 10.1. The van der Waals surface area contributed by atoms with Gasteiger partial charge < -0.3 is 10.8 Å². The zero-order chi connectivity index (χ0) is 13.0. The molecule has 1 atom stereocenters. The van der Waals surface area contributed by atoms with Crippen molar-refractivity contribution in [2.24, 2.45) is 0 Å². The number of rotatable bonds is 3. The van der Waals surface area contributed by atoms with Crippen LogP contribution < -0.4 is 5.73 Å². The van der Waals surface area contributed by atoms with Crippen molar-refractivity contribution >= 4 is 21.6 Å². The van der Waals surface area contributed by atoms with Gasteiger partial charge in [-0.05, 0) is 53.0 Å². The van der Waals surface area contributed by atoms with Crippen LogP contribution in [-0.4, -0.2) is 29.2 Å². The average molecular weight is 313 g/mol. The van der Waals surface area contributed by atoms with E-state index in [4.69, 9.17) is 5.73 Å². The average Bonchev–Trinajstić information content (AvgIpc) is 2.59. The predicted octanol–water partition coefficient (Wildman–Crippen LogP) is 2.77. The van der Waals surface area contributed by atoms with Crippen LogP contribution in [0.5, 0.6) is 0 Å². The second-order valence-corrected chi connectivity index (χ2v) is 5.87. The van der Waals surface area contributed by atoms with E-state index in [1.807, 2.05) is 12.1 Å². The summed E-state index contributed by atoms with van der Waals surface area (Å²) in [5, 5.41) is 9.49. The smallest absolute Gasteiger partial charge is 0.0586 e. The first kappa shape index (κ1) is 13.8. The standard InChI is InChI=1S/C14H21BrN2O/c15-13-6-5-11(8-14(13)16)9-17-7-3-1-2-4-12(17)10-18/h5-6,8,12,18H,1-4,7,9-10,16H2. The molecule has 18 heavy (non-hydrogen) atoms. The van der Waals surface area contributed by atoms with E-state index in [0.717, 1.165) is 29.7 Å². The molecule has 1 aromatic rings. The lowest BCUT2D eigenvalue weighted by Crippen LogP contribution is -2.36. The maximum absolute atomic E-state index is 9.49. The number of nitrogens with zero attached hydrogens (tertiary/aromatic N) is 1. The highest BCUT2D eigenvalue weighted by molar-refractivity contribution is 9.10. The molecule has 2 rings (SSSR count). The normalized spacial score (nSPS) is 21.8. The number of likely N-dealkylation sites (tertiary alicyclic amines) is 1. The maximum Gasteiger partial charge on any atom is 0.0586 e. The van der Waals surface area contributed by atoms with Crippen LogP contribution in [0.1, 0.15) is 31.2 Å². The van der Waals surface area contributed by atoms with E-state index >= 15 is 0 Å². The Kier molecular flexibility index (Phi) is 5.03. The van der Waals surface area contributed by atoms with E-state index in [1.54, 1.807) is 0 Å². The van der Waals surface area contributed by atoms with Crippen molar-refractivity contribution in [1.29, 1.82) is 0 Å². The molecule has 1 heterocycles. The number of anilines is 1. The van der Waals surface area contributed by atoms with Gasteiger partial charge in [-0.15, -0.1) is 0 Å². The lowest BCUT2D eigenvalue weighted by Gasteiger charge is -2.28. The molecule has 1 aliphatic rings. The summed E-state index contributed by atoms with van der Waals surface area (Å²) in [6.07, 6.45) is 4.82. The molecule has 0 bridgehead atoms. The highest BCUT2D eigenvalue weighted by atomic mass is 79.9. The predicted molar refractivity (Wildman–Crippen MR) is 78.3 cm³/mol. The minimum absolute atomic E-state index is 0.256. The third-order valence-electron chi connectivity index (χ3n) is 3.66. The van der Waals surface area contributed by atoms with E-state index in [2.05, 4.69) is 26.9 Å². The topological polar surface area (TPSA) is 49.5 Å². The van der Waals surface area contributed by atoms with Gasteiger partial charge in [0.05, 0.1) is 6.61 Å². The molecule has 1 fully saturated rings. The molecule has 0 aliphatic carbocycles. The number of nitrogens with two attached hydrogens (primary N) is 1. The maximum atomic E-state index is 9.49. The summed E-state index contributed by atoms with van der Waals surface area (Å²) < 4.78 is 0.945. The molecule has 1 aromatic carbocycles. The number of aliphatic hydroxyl groups excluding tert-OH is 1. The van der Waals surface area contributed by atoms with Crippen LogP contribution in [0.3, 0.4) is 0 Å². The molecule has 0 aromatic heterocycles. The molecule has 100 valence electrons. The number of hydrogen-bond donors (Lipinski definition) is 2. The summed E-state index contributed by atoms with van der Waals surface area (Å²) >= 11 is 3.41. The first-order valence-electron chi connectivity index (χ1n) is 6.59. The Balaban J connectivity index is 2.07. The Morgan fingerprint density at radius 1 is 1.33 bits per heavy atom. The van der Waals surface area contributed by atoms with E-state index in [-0.39, 0.29) is 6.61 Å². The number of aliphatic hydroxyl groups is 1. The van der Waals surface area contributed by atoms with Gasteiger partial charge in [0.2, 0.25) is 0 Å². The van der Waals surface area contributed by atoms with Crippen LogP contribution in [0.15, 0.2) is 22.7 Å². The van der Waals surface area contributed by atoms with Crippen molar-refractivity contribution in [3.63, 3.8) is 0 Å². The third kappa shape index (κ3) is 3.46. The highest BCUT2D eigenvalue weighted by Crippen LogP contribution is 2.23. The molecule has 0 amide bonds. The molecule has 0 spiro atoms. The van der Waals surface area contributed by atoms with Gasteiger partial charge in [0.25, 0.3) is 0 Å². The van der Waals surface area contributed by atoms with E-state index < -0.39 is 0 Å². The summed E-state index contributed by atoms with van der Waals surface area (Å²) in [5.41, 5.74) is 7.91. The van der Waals surface area contributed by atoms with E-state index in [0.29, 0.717) is 6.04 Å². The second kappa shape index (κ2) is 6.55. The zero-order valence-electron chi connectivity index (χ0n) is 10.6. The first-order chi connectivity index (χ1) is 8.70. The summed E-state index contributed by atoms with van der Waals surface area (Å²) in [6.45, 7) is 2.20. The van der Waals surface area contributed by atoms with Gasteiger partial charge in [-0.1, -0.05) is 18.9 Å². The summed E-state index contributed by atoms with van der Waals surface area (Å²) in [4.78, 5) is 2.38. The number of benzene rings is 1. The van der Waals surface area contributed by atoms with Crippen molar-refractivity contribution in [2.75, 3.05) is 18.9 Å². The van der Waals surface area contributed by atoms with Crippen molar-refractivity contribution < 1.29 is 5.11 Å². The lowest BCUT2D eigenvalue weighted by molar-refractivity contribution is 0.118. The van der Waals surface area contributed by atoms with Gasteiger partial charge in [-0.2, -0.15) is 0 Å². The fraction of sp³-hybridized carbons (Fsp3) is 0.571. The monoisotopic (exact) mass is 312 g/mol. The van der Waals surface area contributed by atoms with Crippen molar-refractivity contribution in [2.45, 2.75) is 38.3 Å². The number of nitrogen functional groups attached to an aromatic ring is 1. The molecule has 1 unspecified atom stereocenters. The summed E-state index contributed by atoms with van der Waals surface area (Å²) in [6, 6.07) is 6.41. The van der Waals surface area contributed by atoms with Crippen LogP contribution in [0.25, 0.3) is 0 Å². The highest BCUT2D eigenvalue weighted by Gasteiger charge is 2.20. The molecule has 1 aliphatic heterocycles. The van der Waals surface area contributed by atoms with Crippen LogP contribution >= 0.6 is 15.9 Å². The molecule has 0 saturated carbocycles. The Morgan fingerprint density at radius 3 is 2.89 bits per heavy atom. The van der Waals surface area contributed by atoms with Gasteiger partial charge in [-0.3, -0.25) is 4.90 Å². The second-order valence-electron chi connectivity index (χ2n) is 5.01. The van der Waals surface area contributed by atoms with Crippen molar-refractivity contribution in [3.05, 3.63) is 28.2 Å². The summed E-state index contributed by atoms with van der Waals surface area (Å²) in [5.74, 6) is 0. The molecule has 1 saturated heterocycles. The Bertz CT molecular complexity index is 397. The largest absolute Gasteiger partial charge is 0.398 e. The molecular weight excluding hydrogens is 292 g/mol. The minimum atomic E-state index is 0.256. The first-order valence-corrected chi connectivity index (χ1v) is 7.39. The van der Waals surface area contributed by atoms with Crippen molar-refractivity contribution in [1.82, 2.24) is 4.90 Å². The van der Waals surface area contributed by atoms with Crippen LogP contribution in [0.2, 0.25) is 0 Å². The van der Waals surface area contributed by atoms with Gasteiger partial charge in [0.1, 0.15) is 0 Å². The Hall–Kier alpha value is -0.580. The fourth-order valence-electron chi connectivity index (χ4n) is 2.58. The summed E-state index contributed by atoms with van der Waals surface area (Å²) in [7, 11) is 0. The van der Waals surface area contributed by atoms with Crippen LogP contribution in [0.4, 0.5) is 5.69 Å². The van der Waals surface area contributed by atoms with Crippen LogP contribution in [-0.2, 0) is 6.54 Å². The SMILES string of the molecule is Nc1cc(CN2CCCCCC2CO)ccc1Br. The molecular formula is C14H21BrN2O. The van der Waals surface area contributed by atoms with Crippen molar-refractivity contribution in [3.8, 4) is 0 Å². The number of hydrogen-bond acceptors (Lipinski definition) is 3. The van der Waals surface area contributed by atoms with Gasteiger partial charge >= 0.3 is 0 Å². The van der Waals surface area contributed by atoms with E-state index in [9.17, 15) is 5.11 Å². The van der Waals surface area contributed by atoms with Gasteiger partial charge in [-0.25, -0.2) is 0 Å². The fourth-order valence-corrected chi connectivity index (χ4v) is 2.82. The molecule has 3 N–H and O–H groups in total. The van der Waals surface area contributed by atoms with Crippen LogP contribution in [0, 0.1) is 0 Å². The van der Waals surface area contributed by atoms with Gasteiger partial charge in [0, 0.05) is 22.7 Å². The zero-order valence-corrected chi connectivity index (χ0v) is 12.2. The Labute approximate surface area is 117 Å².